The Hall–Kier alpha value is -1.24. The number of fused-ring (bicyclic) bond motifs is 1. The number of hydrogen-bond acceptors (Lipinski definition) is 1. The van der Waals surface area contributed by atoms with E-state index in [4.69, 9.17) is 0 Å². The Kier molecular flexibility index (Phi) is 2.79. The van der Waals surface area contributed by atoms with Gasteiger partial charge in [-0.2, -0.15) is 0 Å². The predicted octanol–water partition coefficient (Wildman–Crippen LogP) is 4.25. The quantitative estimate of drug-likeness (QED) is 0.738. The highest BCUT2D eigenvalue weighted by Gasteiger charge is 2.14. The van der Waals surface area contributed by atoms with Gasteiger partial charge in [-0.3, -0.25) is 0 Å². The van der Waals surface area contributed by atoms with Crippen LogP contribution in [0.25, 0.3) is 5.57 Å². The second kappa shape index (κ2) is 3.97. The summed E-state index contributed by atoms with van der Waals surface area (Å²) in [5.41, 5.74) is 5.46. The van der Waals surface area contributed by atoms with Gasteiger partial charge >= 0.3 is 0 Å². The molecular weight excluding hydrogens is 194 g/mol. The van der Waals surface area contributed by atoms with Crippen LogP contribution in [-0.2, 0) is 6.42 Å². The fourth-order valence-electron chi connectivity index (χ4n) is 2.28. The molecule has 1 aliphatic carbocycles. The third-order valence-corrected chi connectivity index (χ3v) is 2.93. The summed E-state index contributed by atoms with van der Waals surface area (Å²) in [6, 6.07) is 6.66. The second-order valence-corrected chi connectivity index (χ2v) is 5.70. The van der Waals surface area contributed by atoms with Gasteiger partial charge in [0.25, 0.3) is 0 Å². The molecule has 0 saturated heterocycles. The van der Waals surface area contributed by atoms with E-state index >= 15 is 0 Å². The first-order chi connectivity index (χ1) is 7.46. The molecular formula is C15H21N. The summed E-state index contributed by atoms with van der Waals surface area (Å²) in [7, 11) is 0. The van der Waals surface area contributed by atoms with E-state index in [0.29, 0.717) is 0 Å². The molecule has 0 aliphatic heterocycles. The summed E-state index contributed by atoms with van der Waals surface area (Å²) < 4.78 is 0. The van der Waals surface area contributed by atoms with Crippen LogP contribution in [0.5, 0.6) is 0 Å². The Bertz CT molecular complexity index is 410. The molecule has 1 nitrogen and oxygen atoms in total. The fourth-order valence-corrected chi connectivity index (χ4v) is 2.28. The van der Waals surface area contributed by atoms with E-state index in [1.54, 1.807) is 0 Å². The average molecular weight is 215 g/mol. The molecule has 0 spiro atoms. The highest BCUT2D eigenvalue weighted by molar-refractivity contribution is 5.70. The first kappa shape index (κ1) is 11.3. The van der Waals surface area contributed by atoms with Gasteiger partial charge in [0.05, 0.1) is 0 Å². The minimum atomic E-state index is 0.125. The molecule has 0 aromatic heterocycles. The first-order valence-corrected chi connectivity index (χ1v) is 6.05. The lowest BCUT2D eigenvalue weighted by Gasteiger charge is -2.24. The van der Waals surface area contributed by atoms with Gasteiger partial charge in [0.15, 0.2) is 0 Å². The monoisotopic (exact) mass is 215 g/mol. The van der Waals surface area contributed by atoms with Crippen LogP contribution in [0.15, 0.2) is 24.8 Å². The summed E-state index contributed by atoms with van der Waals surface area (Å²) >= 11 is 0. The number of hydrogen-bond donors (Lipinski definition) is 1. The van der Waals surface area contributed by atoms with Crippen LogP contribution >= 0.6 is 0 Å². The smallest absolute Gasteiger partial charge is 0.0347 e. The molecule has 0 saturated carbocycles. The molecule has 0 radical (unpaired) electrons. The normalized spacial score (nSPS) is 15.8. The summed E-state index contributed by atoms with van der Waals surface area (Å²) in [5, 5.41) is 3.52. The number of benzene rings is 1. The van der Waals surface area contributed by atoms with Gasteiger partial charge in [-0.1, -0.05) is 12.6 Å². The van der Waals surface area contributed by atoms with Crippen molar-refractivity contribution in [3.63, 3.8) is 0 Å². The maximum absolute atomic E-state index is 4.14. The number of rotatable bonds is 1. The number of aryl methyl sites for hydroxylation is 1. The third-order valence-electron chi connectivity index (χ3n) is 2.93. The minimum Gasteiger partial charge on any atom is -0.380 e. The van der Waals surface area contributed by atoms with Gasteiger partial charge in [0.2, 0.25) is 0 Å². The van der Waals surface area contributed by atoms with E-state index in [1.807, 2.05) is 0 Å². The highest BCUT2D eigenvalue weighted by atomic mass is 14.9. The number of allylic oxidation sites excluding steroid dienone is 1. The zero-order chi connectivity index (χ0) is 11.8. The molecule has 1 aliphatic rings. The lowest BCUT2D eigenvalue weighted by Crippen LogP contribution is -2.26. The van der Waals surface area contributed by atoms with Crippen LogP contribution in [0.1, 0.15) is 44.7 Å². The summed E-state index contributed by atoms with van der Waals surface area (Å²) in [6.07, 6.45) is 3.58. The van der Waals surface area contributed by atoms with Gasteiger partial charge in [0, 0.05) is 11.2 Å². The van der Waals surface area contributed by atoms with Crippen molar-refractivity contribution in [2.24, 2.45) is 0 Å². The van der Waals surface area contributed by atoms with Crippen molar-refractivity contribution in [3.8, 4) is 0 Å². The first-order valence-electron chi connectivity index (χ1n) is 6.05. The van der Waals surface area contributed by atoms with Crippen molar-refractivity contribution < 1.29 is 0 Å². The molecule has 1 aromatic rings. The van der Waals surface area contributed by atoms with Crippen molar-refractivity contribution >= 4 is 11.3 Å². The Morgan fingerprint density at radius 3 is 2.62 bits per heavy atom. The van der Waals surface area contributed by atoms with Gasteiger partial charge in [-0.05, 0) is 68.9 Å². The Labute approximate surface area is 98.6 Å². The minimum absolute atomic E-state index is 0.125. The molecule has 1 heteroatoms. The Morgan fingerprint density at radius 2 is 1.94 bits per heavy atom. The molecule has 0 fully saturated rings. The van der Waals surface area contributed by atoms with Crippen molar-refractivity contribution in [1.82, 2.24) is 0 Å². The van der Waals surface area contributed by atoms with Crippen molar-refractivity contribution in [2.45, 2.75) is 45.6 Å². The molecule has 0 bridgehead atoms. The zero-order valence-electron chi connectivity index (χ0n) is 10.6. The van der Waals surface area contributed by atoms with Crippen molar-refractivity contribution in [3.05, 3.63) is 35.9 Å². The molecule has 1 N–H and O–H groups in total. The van der Waals surface area contributed by atoms with E-state index in [1.165, 1.54) is 35.2 Å². The average Bonchev–Trinajstić information content (AvgIpc) is 2.15. The molecule has 0 amide bonds. The molecule has 0 heterocycles. The SMILES string of the molecule is C=C1CCCc2cc(NC(C)(C)C)ccc21. The van der Waals surface area contributed by atoms with E-state index in [2.05, 4.69) is 50.9 Å². The van der Waals surface area contributed by atoms with E-state index in [-0.39, 0.29) is 5.54 Å². The lowest BCUT2D eigenvalue weighted by molar-refractivity contribution is 0.634. The van der Waals surface area contributed by atoms with Gasteiger partial charge in [0.1, 0.15) is 0 Å². The highest BCUT2D eigenvalue weighted by Crippen LogP contribution is 2.31. The van der Waals surface area contributed by atoms with Gasteiger partial charge in [-0.25, -0.2) is 0 Å². The third kappa shape index (κ3) is 2.46. The number of nitrogens with one attached hydrogen (secondary N) is 1. The van der Waals surface area contributed by atoms with E-state index < -0.39 is 0 Å². The maximum Gasteiger partial charge on any atom is 0.0347 e. The van der Waals surface area contributed by atoms with E-state index in [9.17, 15) is 0 Å². The molecule has 0 unspecified atom stereocenters. The molecule has 1 aromatic carbocycles. The zero-order valence-corrected chi connectivity index (χ0v) is 10.6. The topological polar surface area (TPSA) is 12.0 Å². The second-order valence-electron chi connectivity index (χ2n) is 5.70. The van der Waals surface area contributed by atoms with Gasteiger partial charge in [-0.15, -0.1) is 0 Å². The Morgan fingerprint density at radius 1 is 1.19 bits per heavy atom. The lowest BCUT2D eigenvalue weighted by atomic mass is 9.88. The standard InChI is InChI=1S/C15H21N/c1-11-6-5-7-12-10-13(8-9-14(11)12)16-15(2,3)4/h8-10,16H,1,5-7H2,2-4H3. The number of anilines is 1. The van der Waals surface area contributed by atoms with Crippen LogP contribution in [0.4, 0.5) is 5.69 Å². The van der Waals surface area contributed by atoms with Crippen molar-refractivity contribution in [2.75, 3.05) is 5.32 Å². The molecule has 2 rings (SSSR count). The summed E-state index contributed by atoms with van der Waals surface area (Å²) in [4.78, 5) is 0. The Balaban J connectivity index is 2.29. The maximum atomic E-state index is 4.14. The van der Waals surface area contributed by atoms with Crippen LogP contribution in [0, 0.1) is 0 Å². The fraction of sp³-hybridized carbons (Fsp3) is 0.467. The van der Waals surface area contributed by atoms with Gasteiger partial charge < -0.3 is 5.32 Å². The molecule has 16 heavy (non-hydrogen) atoms. The summed E-state index contributed by atoms with van der Waals surface area (Å²) in [5.74, 6) is 0. The van der Waals surface area contributed by atoms with Crippen LogP contribution in [0.3, 0.4) is 0 Å². The summed E-state index contributed by atoms with van der Waals surface area (Å²) in [6.45, 7) is 10.7. The molecule has 0 atom stereocenters. The largest absolute Gasteiger partial charge is 0.380 e. The predicted molar refractivity (Wildman–Crippen MR) is 71.8 cm³/mol. The van der Waals surface area contributed by atoms with Crippen LogP contribution in [-0.4, -0.2) is 5.54 Å². The van der Waals surface area contributed by atoms with E-state index in [0.717, 1.165) is 6.42 Å². The van der Waals surface area contributed by atoms with Crippen LogP contribution in [0.2, 0.25) is 0 Å². The van der Waals surface area contributed by atoms with Crippen LogP contribution < -0.4 is 5.32 Å². The molecule has 86 valence electrons. The van der Waals surface area contributed by atoms with Crippen molar-refractivity contribution in [1.29, 1.82) is 0 Å².